The number of aliphatic hydroxyl groups excluding tert-OH is 1. The van der Waals surface area contributed by atoms with Gasteiger partial charge in [-0.1, -0.05) is 0 Å². The van der Waals surface area contributed by atoms with Gasteiger partial charge in [-0.15, -0.1) is 0 Å². The van der Waals surface area contributed by atoms with Gasteiger partial charge in [0.15, 0.2) is 0 Å². The highest BCUT2D eigenvalue weighted by Gasteiger charge is 2.31. The second-order valence-corrected chi connectivity index (χ2v) is 7.96. The number of hydrogen-bond acceptors (Lipinski definition) is 8. The third kappa shape index (κ3) is 3.58. The first kappa shape index (κ1) is 19.4. The van der Waals surface area contributed by atoms with Crippen molar-refractivity contribution in [1.82, 2.24) is 29.6 Å². The monoisotopic (exact) mass is 416 g/mol. The van der Waals surface area contributed by atoms with Gasteiger partial charge < -0.3 is 16.2 Å². The number of likely N-dealkylation sites (tertiary alicyclic amines) is 1. The van der Waals surface area contributed by atoms with Crippen LogP contribution in [0.2, 0.25) is 0 Å². The molecule has 0 aromatic carbocycles. The van der Waals surface area contributed by atoms with Crippen LogP contribution < -0.4 is 11.1 Å². The van der Waals surface area contributed by atoms with E-state index in [1.807, 2.05) is 47.9 Å². The van der Waals surface area contributed by atoms with Crippen LogP contribution in [-0.2, 0) is 0 Å². The predicted octanol–water partition coefficient (Wildman–Crippen LogP) is 2.72. The molecule has 0 radical (unpaired) electrons. The fraction of sp³-hybridized carbons (Fsp3) is 0.273. The standard InChI is InChI=1S/C22H24N8O/c1-13-3-5-24-10-16(13)18-7-14-8-20(25-11-17(14)21(23)28-18)27-15-9-26-30(12-15)19-4-6-29(2)22(19)31/h3,5,7-12,19,22,31H,4,6H2,1-2H3,(H2,23,28)(H,25,27)/t19-,22?/m1/s1. The molecule has 4 aromatic heterocycles. The van der Waals surface area contributed by atoms with Crippen LogP contribution >= 0.6 is 0 Å². The highest BCUT2D eigenvalue weighted by Crippen LogP contribution is 2.30. The molecule has 5 heterocycles. The van der Waals surface area contributed by atoms with E-state index in [1.54, 1.807) is 24.8 Å². The maximum Gasteiger partial charge on any atom is 0.133 e. The lowest BCUT2D eigenvalue weighted by molar-refractivity contribution is 0.0245. The van der Waals surface area contributed by atoms with Crippen molar-refractivity contribution in [3.63, 3.8) is 0 Å². The number of rotatable bonds is 4. The second kappa shape index (κ2) is 7.60. The zero-order valence-corrected chi connectivity index (χ0v) is 17.4. The Kier molecular flexibility index (Phi) is 4.76. The molecule has 9 nitrogen and oxygen atoms in total. The Morgan fingerprint density at radius 2 is 2.10 bits per heavy atom. The van der Waals surface area contributed by atoms with E-state index in [-0.39, 0.29) is 6.04 Å². The van der Waals surface area contributed by atoms with E-state index >= 15 is 0 Å². The summed E-state index contributed by atoms with van der Waals surface area (Å²) in [5, 5.41) is 19.7. The largest absolute Gasteiger partial charge is 0.383 e. The molecule has 1 aliphatic heterocycles. The van der Waals surface area contributed by atoms with Crippen molar-refractivity contribution in [2.75, 3.05) is 24.6 Å². The van der Waals surface area contributed by atoms with Crippen LogP contribution in [0.15, 0.2) is 49.2 Å². The summed E-state index contributed by atoms with van der Waals surface area (Å²) in [4.78, 5) is 15.2. The third-order valence-electron chi connectivity index (χ3n) is 5.85. The van der Waals surface area contributed by atoms with Gasteiger partial charge in [0.1, 0.15) is 17.9 Å². The summed E-state index contributed by atoms with van der Waals surface area (Å²) >= 11 is 0. The van der Waals surface area contributed by atoms with Gasteiger partial charge in [0.05, 0.1) is 23.6 Å². The van der Waals surface area contributed by atoms with E-state index < -0.39 is 6.23 Å². The molecule has 4 N–H and O–H groups in total. The normalized spacial score (nSPS) is 19.2. The molecule has 1 fully saturated rings. The molecule has 9 heteroatoms. The highest BCUT2D eigenvalue weighted by molar-refractivity contribution is 5.94. The Balaban J connectivity index is 1.44. The van der Waals surface area contributed by atoms with Crippen molar-refractivity contribution in [3.05, 3.63) is 54.7 Å². The first-order chi connectivity index (χ1) is 15.0. The van der Waals surface area contributed by atoms with Crippen molar-refractivity contribution in [1.29, 1.82) is 0 Å². The Hall–Kier alpha value is -3.56. The molecule has 2 atom stereocenters. The van der Waals surface area contributed by atoms with Crippen molar-refractivity contribution in [2.45, 2.75) is 25.6 Å². The van der Waals surface area contributed by atoms with Crippen LogP contribution in [0.3, 0.4) is 0 Å². The molecule has 1 aliphatic rings. The minimum Gasteiger partial charge on any atom is -0.383 e. The lowest BCUT2D eigenvalue weighted by Gasteiger charge is -2.19. The molecular weight excluding hydrogens is 392 g/mol. The van der Waals surface area contributed by atoms with Crippen LogP contribution in [-0.4, -0.2) is 54.6 Å². The van der Waals surface area contributed by atoms with Crippen molar-refractivity contribution in [3.8, 4) is 11.3 Å². The number of nitrogens with two attached hydrogens (primary N) is 1. The average Bonchev–Trinajstić information content (AvgIpc) is 3.34. The van der Waals surface area contributed by atoms with E-state index in [9.17, 15) is 5.11 Å². The lowest BCUT2D eigenvalue weighted by Crippen LogP contribution is -2.30. The first-order valence-electron chi connectivity index (χ1n) is 10.2. The minimum atomic E-state index is -0.531. The summed E-state index contributed by atoms with van der Waals surface area (Å²) in [6.07, 6.45) is 9.24. The number of pyridine rings is 3. The van der Waals surface area contributed by atoms with E-state index in [2.05, 4.69) is 25.4 Å². The zero-order valence-electron chi connectivity index (χ0n) is 17.4. The number of hydrogen-bond donors (Lipinski definition) is 3. The van der Waals surface area contributed by atoms with E-state index in [0.717, 1.165) is 46.2 Å². The summed E-state index contributed by atoms with van der Waals surface area (Å²) in [6, 6.07) is 5.84. The fourth-order valence-electron chi connectivity index (χ4n) is 4.02. The topological polar surface area (TPSA) is 118 Å². The molecule has 0 bridgehead atoms. The molecule has 4 aromatic rings. The molecule has 0 amide bonds. The van der Waals surface area contributed by atoms with Crippen LogP contribution in [0, 0.1) is 6.92 Å². The van der Waals surface area contributed by atoms with Crippen LogP contribution in [0.1, 0.15) is 18.0 Å². The van der Waals surface area contributed by atoms with Crippen LogP contribution in [0.4, 0.5) is 17.3 Å². The van der Waals surface area contributed by atoms with Crippen molar-refractivity contribution >= 4 is 28.1 Å². The van der Waals surface area contributed by atoms with Gasteiger partial charge in [-0.2, -0.15) is 5.10 Å². The number of aryl methyl sites for hydroxylation is 1. The number of nitrogens with zero attached hydrogens (tertiary/aromatic N) is 6. The Labute approximate surface area is 179 Å². The molecule has 5 rings (SSSR count). The summed E-state index contributed by atoms with van der Waals surface area (Å²) < 4.78 is 1.81. The number of nitrogen functional groups attached to an aromatic ring is 1. The van der Waals surface area contributed by atoms with Crippen molar-refractivity contribution < 1.29 is 5.11 Å². The molecule has 1 saturated heterocycles. The summed E-state index contributed by atoms with van der Waals surface area (Å²) in [5.74, 6) is 1.11. The van der Waals surface area contributed by atoms with E-state index in [4.69, 9.17) is 5.73 Å². The summed E-state index contributed by atoms with van der Waals surface area (Å²) in [6.45, 7) is 2.87. The molecule has 0 spiro atoms. The number of nitrogens with one attached hydrogen (secondary N) is 1. The third-order valence-corrected chi connectivity index (χ3v) is 5.85. The van der Waals surface area contributed by atoms with Crippen LogP contribution in [0.25, 0.3) is 22.0 Å². The van der Waals surface area contributed by atoms with Gasteiger partial charge >= 0.3 is 0 Å². The van der Waals surface area contributed by atoms with E-state index in [1.165, 1.54) is 0 Å². The Morgan fingerprint density at radius 1 is 1.23 bits per heavy atom. The Bertz CT molecular complexity index is 1250. The van der Waals surface area contributed by atoms with Gasteiger partial charge in [0.2, 0.25) is 0 Å². The molecule has 31 heavy (non-hydrogen) atoms. The van der Waals surface area contributed by atoms with Gasteiger partial charge in [0.25, 0.3) is 0 Å². The number of likely N-dealkylation sites (N-methyl/N-ethyl adjacent to an activating group) is 1. The van der Waals surface area contributed by atoms with Gasteiger partial charge in [-0.25, -0.2) is 9.97 Å². The van der Waals surface area contributed by atoms with Gasteiger partial charge in [-0.05, 0) is 49.5 Å². The maximum absolute atomic E-state index is 10.3. The fourth-order valence-corrected chi connectivity index (χ4v) is 4.02. The van der Waals surface area contributed by atoms with Gasteiger partial charge in [0, 0.05) is 42.3 Å². The molecule has 158 valence electrons. The van der Waals surface area contributed by atoms with Gasteiger partial charge in [-0.3, -0.25) is 14.6 Å². The Morgan fingerprint density at radius 3 is 2.87 bits per heavy atom. The minimum absolute atomic E-state index is 0.0544. The average molecular weight is 416 g/mol. The molecule has 0 saturated carbocycles. The first-order valence-corrected chi connectivity index (χ1v) is 10.2. The quantitative estimate of drug-likeness (QED) is 0.465. The molecule has 1 unspecified atom stereocenters. The summed E-state index contributed by atoms with van der Waals surface area (Å²) in [7, 11) is 1.91. The molecule has 0 aliphatic carbocycles. The number of fused-ring (bicyclic) bond motifs is 1. The number of aliphatic hydroxyl groups is 1. The lowest BCUT2D eigenvalue weighted by atomic mass is 10.1. The predicted molar refractivity (Wildman–Crippen MR) is 120 cm³/mol. The summed E-state index contributed by atoms with van der Waals surface area (Å²) in [5.41, 5.74) is 9.83. The van der Waals surface area contributed by atoms with Crippen molar-refractivity contribution in [2.24, 2.45) is 0 Å². The zero-order chi connectivity index (χ0) is 21.5. The maximum atomic E-state index is 10.3. The van der Waals surface area contributed by atoms with E-state index in [0.29, 0.717) is 11.6 Å². The second-order valence-electron chi connectivity index (χ2n) is 7.96. The van der Waals surface area contributed by atoms with Crippen LogP contribution in [0.5, 0.6) is 0 Å². The number of anilines is 3. The SMILES string of the molecule is Cc1ccncc1-c1cc2cc(Nc3cnn([C@@H]4CCN(C)C4O)c3)ncc2c(N)n1. The molecular formula is C22H24N8O. The highest BCUT2D eigenvalue weighted by atomic mass is 16.3. The number of aromatic nitrogens is 5. The smallest absolute Gasteiger partial charge is 0.133 e.